The molecule has 1 aromatic rings. The minimum absolute atomic E-state index is 0.0710. The number of carbonyl (C=O) groups is 1. The first-order valence-electron chi connectivity index (χ1n) is 8.88. The Hall–Kier alpha value is -1.60. The summed E-state index contributed by atoms with van der Waals surface area (Å²) in [5, 5.41) is 2.40. The van der Waals surface area contributed by atoms with Crippen LogP contribution in [-0.2, 0) is 14.8 Å². The Morgan fingerprint density at radius 2 is 1.88 bits per heavy atom. The summed E-state index contributed by atoms with van der Waals surface area (Å²) >= 11 is 0. The first-order chi connectivity index (χ1) is 11.9. The summed E-state index contributed by atoms with van der Waals surface area (Å²) in [5.74, 6) is 1.46. The summed E-state index contributed by atoms with van der Waals surface area (Å²) < 4.78 is 31.4. The molecule has 2 N–H and O–H groups in total. The third-order valence-corrected chi connectivity index (χ3v) is 5.92. The van der Waals surface area contributed by atoms with Gasteiger partial charge in [0.05, 0.1) is 11.9 Å². The second-order valence-corrected chi connectivity index (χ2v) is 9.09. The average Bonchev–Trinajstić information content (AvgIpc) is 3.38. The van der Waals surface area contributed by atoms with Crippen molar-refractivity contribution < 1.29 is 17.9 Å². The molecule has 0 saturated heterocycles. The predicted molar refractivity (Wildman–Crippen MR) is 99.2 cm³/mol. The molecule has 1 aliphatic rings. The van der Waals surface area contributed by atoms with E-state index in [0.717, 1.165) is 18.0 Å². The lowest BCUT2D eigenvalue weighted by atomic mass is 10.2. The lowest BCUT2D eigenvalue weighted by molar-refractivity contribution is -0.116. The van der Waals surface area contributed by atoms with E-state index in [1.54, 1.807) is 13.8 Å². The number of unbranched alkanes of at least 4 members (excludes halogenated alkanes) is 1. The van der Waals surface area contributed by atoms with E-state index < -0.39 is 15.3 Å². The predicted octanol–water partition coefficient (Wildman–Crippen LogP) is 2.91. The number of hydrogen-bond donors (Lipinski definition) is 2. The maximum absolute atomic E-state index is 11.9. The Kier molecular flexibility index (Phi) is 7.25. The molecule has 1 amide bonds. The first kappa shape index (κ1) is 19.7. The molecule has 0 unspecified atom stereocenters. The van der Waals surface area contributed by atoms with Crippen LogP contribution in [0, 0.1) is 5.92 Å². The van der Waals surface area contributed by atoms with E-state index in [1.807, 2.05) is 24.3 Å². The van der Waals surface area contributed by atoms with Crippen molar-refractivity contribution in [3.8, 4) is 5.75 Å². The van der Waals surface area contributed by atoms with Gasteiger partial charge in [0.15, 0.2) is 0 Å². The fourth-order valence-corrected chi connectivity index (χ4v) is 2.91. The Labute approximate surface area is 150 Å². The highest BCUT2D eigenvalue weighted by molar-refractivity contribution is 7.90. The van der Waals surface area contributed by atoms with Gasteiger partial charge in [-0.25, -0.2) is 13.1 Å². The lowest BCUT2D eigenvalue weighted by Gasteiger charge is -2.09. The molecule has 0 aliphatic heterocycles. The van der Waals surface area contributed by atoms with Crippen LogP contribution in [0.5, 0.6) is 5.75 Å². The van der Waals surface area contributed by atoms with Gasteiger partial charge in [-0.3, -0.25) is 4.79 Å². The fourth-order valence-electron chi connectivity index (χ4n) is 2.15. The number of carbonyl (C=O) groups excluding carboxylic acids is 1. The van der Waals surface area contributed by atoms with Crippen molar-refractivity contribution in [2.45, 2.75) is 51.2 Å². The van der Waals surface area contributed by atoms with Gasteiger partial charge in [0, 0.05) is 18.7 Å². The van der Waals surface area contributed by atoms with E-state index in [1.165, 1.54) is 12.8 Å². The number of anilines is 1. The molecule has 1 saturated carbocycles. The van der Waals surface area contributed by atoms with Gasteiger partial charge in [0.1, 0.15) is 5.75 Å². The maximum Gasteiger partial charge on any atom is 0.224 e. The molecule has 7 heteroatoms. The van der Waals surface area contributed by atoms with Gasteiger partial charge < -0.3 is 10.1 Å². The highest BCUT2D eigenvalue weighted by Crippen LogP contribution is 2.29. The molecular formula is C18H28N2O4S. The van der Waals surface area contributed by atoms with Crippen LogP contribution in [0.1, 0.15) is 46.0 Å². The van der Waals surface area contributed by atoms with Crippen LogP contribution in [0.2, 0.25) is 0 Å². The van der Waals surface area contributed by atoms with E-state index in [-0.39, 0.29) is 5.91 Å². The summed E-state index contributed by atoms with van der Waals surface area (Å²) in [6, 6.07) is 7.38. The minimum atomic E-state index is -3.22. The smallest absolute Gasteiger partial charge is 0.224 e. The van der Waals surface area contributed by atoms with Gasteiger partial charge in [0.2, 0.25) is 15.9 Å². The number of sulfonamides is 1. The summed E-state index contributed by atoms with van der Waals surface area (Å²) in [7, 11) is -3.22. The van der Waals surface area contributed by atoms with Crippen LogP contribution in [0.4, 0.5) is 5.69 Å². The minimum Gasteiger partial charge on any atom is -0.493 e. The number of nitrogens with one attached hydrogen (secondary N) is 2. The van der Waals surface area contributed by atoms with Gasteiger partial charge in [-0.05, 0) is 69.7 Å². The second-order valence-electron chi connectivity index (χ2n) is 6.77. The lowest BCUT2D eigenvalue weighted by Crippen LogP contribution is -2.31. The number of ether oxygens (including phenoxy) is 1. The molecule has 1 aromatic carbocycles. The zero-order chi connectivity index (χ0) is 18.3. The molecule has 0 heterocycles. The molecule has 140 valence electrons. The van der Waals surface area contributed by atoms with Crippen molar-refractivity contribution in [1.29, 1.82) is 0 Å². The van der Waals surface area contributed by atoms with Gasteiger partial charge in [-0.1, -0.05) is 0 Å². The second kappa shape index (κ2) is 9.20. The van der Waals surface area contributed by atoms with Crippen LogP contribution in [0.15, 0.2) is 24.3 Å². The molecule has 1 fully saturated rings. The number of rotatable bonds is 11. The van der Waals surface area contributed by atoms with Gasteiger partial charge in [-0.15, -0.1) is 0 Å². The van der Waals surface area contributed by atoms with Crippen LogP contribution in [-0.4, -0.2) is 32.7 Å². The molecule has 2 rings (SSSR count). The van der Waals surface area contributed by atoms with Crippen LogP contribution < -0.4 is 14.8 Å². The largest absolute Gasteiger partial charge is 0.493 e. The molecule has 0 radical (unpaired) electrons. The molecule has 0 aromatic heterocycles. The Bertz CT molecular complexity index is 652. The molecule has 0 spiro atoms. The summed E-state index contributed by atoms with van der Waals surface area (Å²) in [6.45, 7) is 4.41. The van der Waals surface area contributed by atoms with Crippen molar-refractivity contribution in [2.24, 2.45) is 5.92 Å². The topological polar surface area (TPSA) is 84.5 Å². The van der Waals surface area contributed by atoms with Crippen LogP contribution >= 0.6 is 0 Å². The Morgan fingerprint density at radius 3 is 2.48 bits per heavy atom. The quantitative estimate of drug-likeness (QED) is 0.588. The van der Waals surface area contributed by atoms with Crippen LogP contribution in [0.25, 0.3) is 0 Å². The van der Waals surface area contributed by atoms with Crippen molar-refractivity contribution in [2.75, 3.05) is 18.5 Å². The summed E-state index contributed by atoms with van der Waals surface area (Å²) in [5.41, 5.74) is 0.740. The number of benzene rings is 1. The molecule has 6 nitrogen and oxygen atoms in total. The van der Waals surface area contributed by atoms with E-state index in [0.29, 0.717) is 31.7 Å². The van der Waals surface area contributed by atoms with Gasteiger partial charge in [0.25, 0.3) is 0 Å². The monoisotopic (exact) mass is 368 g/mol. The fraction of sp³-hybridized carbons (Fsp3) is 0.611. The first-order valence-corrected chi connectivity index (χ1v) is 10.4. The van der Waals surface area contributed by atoms with Crippen molar-refractivity contribution >= 4 is 21.6 Å². The standard InChI is InChI=1S/C18H28N2O4S/c1-14(2)25(22,23)19-12-4-3-5-18(21)20-16-8-10-17(11-9-16)24-13-15-6-7-15/h8-11,14-15,19H,3-7,12-13H2,1-2H3,(H,20,21). The Morgan fingerprint density at radius 1 is 1.20 bits per heavy atom. The molecule has 1 aliphatic carbocycles. The van der Waals surface area contributed by atoms with Crippen molar-refractivity contribution in [3.05, 3.63) is 24.3 Å². The summed E-state index contributed by atoms with van der Waals surface area (Å²) in [6.07, 6.45) is 4.14. The number of hydrogen-bond acceptors (Lipinski definition) is 4. The van der Waals surface area contributed by atoms with E-state index in [4.69, 9.17) is 4.74 Å². The van der Waals surface area contributed by atoms with Crippen molar-refractivity contribution in [1.82, 2.24) is 4.72 Å². The Balaban J connectivity index is 1.61. The SMILES string of the molecule is CC(C)S(=O)(=O)NCCCCC(=O)Nc1ccc(OCC2CC2)cc1. The highest BCUT2D eigenvalue weighted by Gasteiger charge is 2.21. The summed E-state index contributed by atoms with van der Waals surface area (Å²) in [4.78, 5) is 11.9. The van der Waals surface area contributed by atoms with Gasteiger partial charge >= 0.3 is 0 Å². The zero-order valence-electron chi connectivity index (χ0n) is 15.0. The maximum atomic E-state index is 11.9. The average molecular weight is 368 g/mol. The zero-order valence-corrected chi connectivity index (χ0v) is 15.8. The number of amides is 1. The van der Waals surface area contributed by atoms with Gasteiger partial charge in [-0.2, -0.15) is 0 Å². The van der Waals surface area contributed by atoms with E-state index in [2.05, 4.69) is 10.0 Å². The molecular weight excluding hydrogens is 340 g/mol. The van der Waals surface area contributed by atoms with Crippen molar-refractivity contribution in [3.63, 3.8) is 0 Å². The normalized spacial score (nSPS) is 14.5. The molecule has 0 bridgehead atoms. The van der Waals surface area contributed by atoms with Crippen LogP contribution in [0.3, 0.4) is 0 Å². The third kappa shape index (κ3) is 7.44. The third-order valence-electron chi connectivity index (χ3n) is 4.08. The van der Waals surface area contributed by atoms with E-state index in [9.17, 15) is 13.2 Å². The highest BCUT2D eigenvalue weighted by atomic mass is 32.2. The molecule has 0 atom stereocenters. The van der Waals surface area contributed by atoms with E-state index >= 15 is 0 Å². The molecule has 25 heavy (non-hydrogen) atoms.